The van der Waals surface area contributed by atoms with E-state index in [0.717, 1.165) is 10.1 Å². The number of halogens is 2. The molecule has 1 unspecified atom stereocenters. The molecule has 3 aromatic rings. The molecule has 0 saturated heterocycles. The molecular formula is C26H29F2N3O4Si. The lowest BCUT2D eigenvalue weighted by atomic mass is 9.96. The average molecular weight is 514 g/mol. The minimum Gasteiger partial charge on any atom is -0.380 e. The van der Waals surface area contributed by atoms with Crippen molar-refractivity contribution in [3.05, 3.63) is 93.7 Å². The van der Waals surface area contributed by atoms with Crippen LogP contribution in [0.25, 0.3) is 0 Å². The van der Waals surface area contributed by atoms with Crippen LogP contribution in [-0.4, -0.2) is 36.4 Å². The van der Waals surface area contributed by atoms with Gasteiger partial charge in [-0.05, 0) is 28.8 Å². The summed E-state index contributed by atoms with van der Waals surface area (Å²) >= 11 is 0. The maximum Gasteiger partial charge on any atom is 0.253 e. The number of nitrogens with zero attached hydrogens (tertiary/aromatic N) is 2. The first kappa shape index (κ1) is 27.1. The predicted octanol–water partition coefficient (Wildman–Crippen LogP) is 2.88. The van der Waals surface area contributed by atoms with Crippen LogP contribution in [0.3, 0.4) is 0 Å². The predicted molar refractivity (Wildman–Crippen MR) is 135 cm³/mol. The van der Waals surface area contributed by atoms with Crippen molar-refractivity contribution < 1.29 is 23.1 Å². The Kier molecular flexibility index (Phi) is 8.64. The Morgan fingerprint density at radius 3 is 2.25 bits per heavy atom. The normalized spacial score (nSPS) is 12.3. The largest absolute Gasteiger partial charge is 0.380 e. The third-order valence-electron chi connectivity index (χ3n) is 5.59. The SMILES string of the molecule is COCc1ccc(C(NC(=O)Cn2cnccc2=O)C(=O)Cc2cc(F)c([Si](C)(C)C)c(F)c2)cc1. The summed E-state index contributed by atoms with van der Waals surface area (Å²) in [5.74, 6) is -2.38. The molecule has 0 aliphatic carbocycles. The first-order chi connectivity index (χ1) is 17.0. The summed E-state index contributed by atoms with van der Waals surface area (Å²) in [6, 6.07) is 9.39. The summed E-state index contributed by atoms with van der Waals surface area (Å²) in [4.78, 5) is 41.9. The molecule has 0 aliphatic heterocycles. The summed E-state index contributed by atoms with van der Waals surface area (Å²) in [6.07, 6.45) is 2.25. The van der Waals surface area contributed by atoms with Gasteiger partial charge in [0.15, 0.2) is 5.78 Å². The first-order valence-electron chi connectivity index (χ1n) is 11.4. The maximum atomic E-state index is 14.8. The van der Waals surface area contributed by atoms with Crippen LogP contribution < -0.4 is 16.1 Å². The summed E-state index contributed by atoms with van der Waals surface area (Å²) in [7, 11) is -0.709. The zero-order valence-corrected chi connectivity index (χ0v) is 21.7. The molecule has 0 aliphatic rings. The van der Waals surface area contributed by atoms with E-state index in [4.69, 9.17) is 4.74 Å². The lowest BCUT2D eigenvalue weighted by Gasteiger charge is -2.21. The fourth-order valence-corrected chi connectivity index (χ4v) is 5.51. The summed E-state index contributed by atoms with van der Waals surface area (Å²) in [5, 5.41) is 2.74. The van der Waals surface area contributed by atoms with Crippen LogP contribution in [-0.2, 0) is 33.9 Å². The molecule has 36 heavy (non-hydrogen) atoms. The molecule has 2 aromatic carbocycles. The fourth-order valence-electron chi connectivity index (χ4n) is 3.93. The van der Waals surface area contributed by atoms with Crippen molar-refractivity contribution in [1.82, 2.24) is 14.9 Å². The van der Waals surface area contributed by atoms with Crippen LogP contribution in [0.5, 0.6) is 0 Å². The number of ketones is 1. The minimum atomic E-state index is -2.27. The second-order valence-electron chi connectivity index (χ2n) is 9.55. The van der Waals surface area contributed by atoms with E-state index in [2.05, 4.69) is 10.3 Å². The van der Waals surface area contributed by atoms with Gasteiger partial charge in [0.05, 0.1) is 21.0 Å². The molecule has 0 bridgehead atoms. The molecular weight excluding hydrogens is 484 g/mol. The zero-order valence-electron chi connectivity index (χ0n) is 20.7. The summed E-state index contributed by atoms with van der Waals surface area (Å²) in [6.45, 7) is 5.55. The number of hydrogen-bond donors (Lipinski definition) is 1. The number of methoxy groups -OCH3 is 1. The summed E-state index contributed by atoms with van der Waals surface area (Å²) in [5.41, 5.74) is 1.12. The van der Waals surface area contributed by atoms with Crippen LogP contribution in [0.2, 0.25) is 19.6 Å². The number of carbonyl (C=O) groups is 2. The van der Waals surface area contributed by atoms with Gasteiger partial charge in [0.25, 0.3) is 5.56 Å². The number of benzene rings is 2. The van der Waals surface area contributed by atoms with Gasteiger partial charge >= 0.3 is 0 Å². The zero-order chi connectivity index (χ0) is 26.5. The van der Waals surface area contributed by atoms with E-state index in [1.807, 2.05) is 19.6 Å². The number of carbonyl (C=O) groups excluding carboxylic acids is 2. The van der Waals surface area contributed by atoms with Gasteiger partial charge in [-0.15, -0.1) is 0 Å². The third kappa shape index (κ3) is 6.79. The molecule has 1 N–H and O–H groups in total. The van der Waals surface area contributed by atoms with E-state index >= 15 is 0 Å². The van der Waals surface area contributed by atoms with Crippen molar-refractivity contribution in [3.63, 3.8) is 0 Å². The van der Waals surface area contributed by atoms with Crippen molar-refractivity contribution >= 4 is 25.0 Å². The smallest absolute Gasteiger partial charge is 0.253 e. The Morgan fingerprint density at radius 1 is 1.06 bits per heavy atom. The topological polar surface area (TPSA) is 90.3 Å². The number of Topliss-reactive ketones (excluding diaryl/α,β-unsaturated/α-hetero) is 1. The van der Waals surface area contributed by atoms with Gasteiger partial charge in [0.2, 0.25) is 5.91 Å². The molecule has 1 aromatic heterocycles. The highest BCUT2D eigenvalue weighted by Gasteiger charge is 2.28. The number of rotatable bonds is 10. The second-order valence-corrected chi connectivity index (χ2v) is 14.5. The average Bonchev–Trinajstić information content (AvgIpc) is 2.78. The van der Waals surface area contributed by atoms with E-state index in [-0.39, 0.29) is 23.7 Å². The standard InChI is InChI=1S/C26H29F2N3O4Si/c1-35-15-17-5-7-19(8-6-17)25(30-23(33)14-31-16-29-10-9-24(31)34)22(32)13-18-11-20(27)26(21(28)12-18)36(2,3)4/h5-12,16,25H,13-15H2,1-4H3,(H,30,33). The van der Waals surface area contributed by atoms with Crippen molar-refractivity contribution in [2.24, 2.45) is 0 Å². The van der Waals surface area contributed by atoms with Crippen molar-refractivity contribution in [2.75, 3.05) is 7.11 Å². The van der Waals surface area contributed by atoms with Gasteiger partial charge in [0.1, 0.15) is 24.2 Å². The quantitative estimate of drug-likeness (QED) is 0.421. The van der Waals surface area contributed by atoms with Gasteiger partial charge in [-0.2, -0.15) is 0 Å². The lowest BCUT2D eigenvalue weighted by molar-refractivity contribution is -0.128. The number of ether oxygens (including phenoxy) is 1. The van der Waals surface area contributed by atoms with Gasteiger partial charge in [-0.1, -0.05) is 43.9 Å². The number of nitrogens with one attached hydrogen (secondary N) is 1. The Labute approximate surface area is 209 Å². The molecule has 1 amide bonds. The Morgan fingerprint density at radius 2 is 1.69 bits per heavy atom. The van der Waals surface area contributed by atoms with E-state index in [1.54, 1.807) is 31.4 Å². The van der Waals surface area contributed by atoms with Crippen molar-refractivity contribution in [3.8, 4) is 0 Å². The van der Waals surface area contributed by atoms with Crippen LogP contribution in [0.4, 0.5) is 8.78 Å². The van der Waals surface area contributed by atoms with E-state index in [9.17, 15) is 23.2 Å². The molecule has 190 valence electrons. The minimum absolute atomic E-state index is 0.0826. The molecule has 10 heteroatoms. The fraction of sp³-hybridized carbons (Fsp3) is 0.308. The molecule has 7 nitrogen and oxygen atoms in total. The number of aromatic nitrogens is 2. The van der Waals surface area contributed by atoms with Crippen LogP contribution in [0.1, 0.15) is 22.7 Å². The second kappa shape index (κ2) is 11.5. The monoisotopic (exact) mass is 513 g/mol. The van der Waals surface area contributed by atoms with Gasteiger partial charge < -0.3 is 10.1 Å². The number of amides is 1. The maximum absolute atomic E-state index is 14.8. The van der Waals surface area contributed by atoms with E-state index in [1.165, 1.54) is 30.7 Å². The number of hydrogen-bond acceptors (Lipinski definition) is 5. The molecule has 1 atom stereocenters. The Balaban J connectivity index is 1.88. The van der Waals surface area contributed by atoms with Gasteiger partial charge in [0, 0.05) is 31.0 Å². The molecule has 1 heterocycles. The molecule has 0 saturated carbocycles. The third-order valence-corrected chi connectivity index (χ3v) is 7.57. The van der Waals surface area contributed by atoms with Gasteiger partial charge in [-0.25, -0.2) is 13.8 Å². The van der Waals surface area contributed by atoms with E-state index in [0.29, 0.717) is 12.2 Å². The van der Waals surface area contributed by atoms with Crippen molar-refractivity contribution in [2.45, 2.75) is 45.3 Å². The molecule has 3 rings (SSSR count). The van der Waals surface area contributed by atoms with Gasteiger partial charge in [-0.3, -0.25) is 19.0 Å². The highest BCUT2D eigenvalue weighted by Crippen LogP contribution is 2.20. The van der Waals surface area contributed by atoms with Crippen LogP contribution in [0.15, 0.2) is 59.8 Å². The van der Waals surface area contributed by atoms with Crippen molar-refractivity contribution in [1.29, 1.82) is 0 Å². The highest BCUT2D eigenvalue weighted by atomic mass is 28.3. The highest BCUT2D eigenvalue weighted by molar-refractivity contribution is 6.88. The molecule has 0 spiro atoms. The van der Waals surface area contributed by atoms with E-state index < -0.39 is 43.0 Å². The van der Waals surface area contributed by atoms with Crippen LogP contribution in [0, 0.1) is 11.6 Å². The van der Waals surface area contributed by atoms with Crippen LogP contribution >= 0.6 is 0 Å². The first-order valence-corrected chi connectivity index (χ1v) is 14.9. The Hall–Kier alpha value is -3.50. The Bertz CT molecular complexity index is 1280. The molecule has 0 radical (unpaired) electrons. The lowest BCUT2D eigenvalue weighted by Crippen LogP contribution is -2.42. The molecule has 0 fully saturated rings. The summed E-state index contributed by atoms with van der Waals surface area (Å²) < 4.78 is 35.7.